The molecule has 0 atom stereocenters. The molecule has 0 aliphatic rings. The third-order valence-electron chi connectivity index (χ3n) is 11.7. The first-order chi connectivity index (χ1) is 29.7. The highest BCUT2D eigenvalue weighted by atomic mass is 32.1. The summed E-state index contributed by atoms with van der Waals surface area (Å²) in [7, 11) is 0. The number of nitrogens with zero attached hydrogens (tertiary/aromatic N) is 1. The number of para-hydroxylation sites is 1. The van der Waals surface area contributed by atoms with Crippen molar-refractivity contribution in [1.29, 1.82) is 0 Å². The second-order valence-electron chi connectivity index (χ2n) is 15.3. The van der Waals surface area contributed by atoms with E-state index >= 15 is 0 Å². The van der Waals surface area contributed by atoms with Crippen LogP contribution in [0.2, 0.25) is 0 Å². The van der Waals surface area contributed by atoms with Crippen molar-refractivity contribution in [2.45, 2.75) is 0 Å². The lowest BCUT2D eigenvalue weighted by molar-refractivity contribution is 1.28. The first-order valence-electron chi connectivity index (χ1n) is 20.5. The molecule has 0 aliphatic heterocycles. The summed E-state index contributed by atoms with van der Waals surface area (Å²) in [6, 6.07) is 86.0. The summed E-state index contributed by atoms with van der Waals surface area (Å²) in [5, 5.41) is 5.11. The van der Waals surface area contributed by atoms with Crippen molar-refractivity contribution >= 4 is 59.3 Å². The molecule has 0 unspecified atom stereocenters. The van der Waals surface area contributed by atoms with Crippen LogP contribution in [0.4, 0.5) is 17.1 Å². The Morgan fingerprint density at radius 1 is 0.283 bits per heavy atom. The van der Waals surface area contributed by atoms with Crippen LogP contribution >= 0.6 is 11.3 Å². The normalized spacial score (nSPS) is 11.3. The van der Waals surface area contributed by atoms with E-state index in [0.29, 0.717) is 0 Å². The van der Waals surface area contributed by atoms with E-state index in [2.05, 4.69) is 241 Å². The van der Waals surface area contributed by atoms with Crippen molar-refractivity contribution in [3.63, 3.8) is 0 Å². The van der Waals surface area contributed by atoms with Crippen LogP contribution in [-0.4, -0.2) is 0 Å². The van der Waals surface area contributed by atoms with Crippen LogP contribution in [-0.2, 0) is 0 Å². The van der Waals surface area contributed by atoms with Crippen molar-refractivity contribution in [1.82, 2.24) is 0 Å². The van der Waals surface area contributed by atoms with Gasteiger partial charge in [-0.2, -0.15) is 0 Å². The van der Waals surface area contributed by atoms with Crippen LogP contribution < -0.4 is 4.90 Å². The predicted octanol–water partition coefficient (Wildman–Crippen LogP) is 17.0. The maximum absolute atomic E-state index is 2.40. The molecular weight excluding hydrogens is 743 g/mol. The Morgan fingerprint density at radius 3 is 1.50 bits per heavy atom. The number of rotatable bonds is 8. The fraction of sp³-hybridized carbons (Fsp3) is 0. The minimum Gasteiger partial charge on any atom is -0.310 e. The number of hydrogen-bond donors (Lipinski definition) is 0. The third kappa shape index (κ3) is 6.54. The van der Waals surface area contributed by atoms with Crippen molar-refractivity contribution in [3.8, 4) is 55.6 Å². The van der Waals surface area contributed by atoms with Gasteiger partial charge >= 0.3 is 0 Å². The van der Waals surface area contributed by atoms with Gasteiger partial charge in [0.15, 0.2) is 0 Å². The molecule has 0 spiro atoms. The van der Waals surface area contributed by atoms with Gasteiger partial charge in [0.2, 0.25) is 0 Å². The molecular formula is C58H39NS. The highest BCUT2D eigenvalue weighted by Gasteiger charge is 2.19. The smallest absolute Gasteiger partial charge is 0.0540 e. The van der Waals surface area contributed by atoms with Crippen molar-refractivity contribution < 1.29 is 0 Å². The van der Waals surface area contributed by atoms with Gasteiger partial charge in [0.1, 0.15) is 0 Å². The van der Waals surface area contributed by atoms with Gasteiger partial charge < -0.3 is 4.90 Å². The Morgan fingerprint density at radius 2 is 0.750 bits per heavy atom. The maximum Gasteiger partial charge on any atom is 0.0540 e. The molecule has 2 heteroatoms. The van der Waals surface area contributed by atoms with Gasteiger partial charge in [-0.25, -0.2) is 0 Å². The summed E-state index contributed by atoms with van der Waals surface area (Å²) < 4.78 is 2.66. The van der Waals surface area contributed by atoms with Gasteiger partial charge in [0.25, 0.3) is 0 Å². The monoisotopic (exact) mass is 781 g/mol. The number of thiophene rings is 1. The Hall–Kier alpha value is -7.52. The van der Waals surface area contributed by atoms with Gasteiger partial charge in [0.05, 0.1) is 5.69 Å². The van der Waals surface area contributed by atoms with Crippen LogP contribution in [0.15, 0.2) is 237 Å². The molecule has 1 nitrogen and oxygen atoms in total. The van der Waals surface area contributed by atoms with Gasteiger partial charge in [-0.1, -0.05) is 194 Å². The molecule has 0 radical (unpaired) electrons. The lowest BCUT2D eigenvalue weighted by atomic mass is 9.95. The largest absolute Gasteiger partial charge is 0.310 e. The Kier molecular flexibility index (Phi) is 9.11. The summed E-state index contributed by atoms with van der Waals surface area (Å²) >= 11 is 1.88. The molecule has 11 aromatic rings. The maximum atomic E-state index is 2.40. The summed E-state index contributed by atoms with van der Waals surface area (Å²) in [6.45, 7) is 0. The molecule has 0 aliphatic carbocycles. The molecule has 0 N–H and O–H groups in total. The quantitative estimate of drug-likeness (QED) is 0.148. The Labute approximate surface area is 354 Å². The van der Waals surface area contributed by atoms with Gasteiger partial charge in [-0.3, -0.25) is 0 Å². The number of hydrogen-bond acceptors (Lipinski definition) is 2. The molecule has 1 heterocycles. The average Bonchev–Trinajstić information content (AvgIpc) is 3.72. The van der Waals surface area contributed by atoms with Crippen LogP contribution in [0, 0.1) is 0 Å². The van der Waals surface area contributed by atoms with Crippen molar-refractivity contribution in [2.24, 2.45) is 0 Å². The van der Waals surface area contributed by atoms with Crippen LogP contribution in [0.1, 0.15) is 0 Å². The highest BCUT2D eigenvalue weighted by Crippen LogP contribution is 2.44. The van der Waals surface area contributed by atoms with Crippen molar-refractivity contribution in [3.05, 3.63) is 237 Å². The number of fused-ring (bicyclic) bond motifs is 4. The zero-order chi connectivity index (χ0) is 39.8. The van der Waals surface area contributed by atoms with Crippen molar-refractivity contribution in [2.75, 3.05) is 4.90 Å². The third-order valence-corrected chi connectivity index (χ3v) is 12.9. The van der Waals surface area contributed by atoms with Gasteiger partial charge in [-0.15, -0.1) is 11.3 Å². The molecule has 0 saturated carbocycles. The first-order valence-corrected chi connectivity index (χ1v) is 21.3. The lowest BCUT2D eigenvalue weighted by Crippen LogP contribution is -2.11. The van der Waals surface area contributed by atoms with E-state index in [1.165, 1.54) is 86.6 Å². The standard InChI is InChI=1S/C58H39NS/c1-2-13-40(14-3-1)41-27-29-42(30-28-41)43-31-35-48(36-32-43)59(56-25-8-6-20-53(56)52-23-11-16-45-15-4-5-19-50(45)52)49-37-33-44(34-38-49)46-17-10-18-47(39-46)51-22-12-24-55-54-21-7-9-26-57(54)60-58(51)55/h1-39H. The zero-order valence-electron chi connectivity index (χ0n) is 32.9. The molecule has 1 aromatic heterocycles. The van der Waals surface area contributed by atoms with E-state index in [1.54, 1.807) is 0 Å². The van der Waals surface area contributed by atoms with Crippen LogP contribution in [0.3, 0.4) is 0 Å². The molecule has 60 heavy (non-hydrogen) atoms. The van der Waals surface area contributed by atoms with E-state index in [9.17, 15) is 0 Å². The minimum atomic E-state index is 1.09. The Balaban J connectivity index is 0.985. The zero-order valence-corrected chi connectivity index (χ0v) is 33.7. The van der Waals surface area contributed by atoms with Gasteiger partial charge in [-0.05, 0) is 103 Å². The molecule has 0 saturated heterocycles. The van der Waals surface area contributed by atoms with E-state index < -0.39 is 0 Å². The molecule has 10 aromatic carbocycles. The second-order valence-corrected chi connectivity index (χ2v) is 16.3. The van der Waals surface area contributed by atoms with E-state index in [0.717, 1.165) is 17.1 Å². The average molecular weight is 782 g/mol. The topological polar surface area (TPSA) is 3.24 Å². The molecule has 0 amide bonds. The van der Waals surface area contributed by atoms with Crippen LogP contribution in [0.5, 0.6) is 0 Å². The minimum absolute atomic E-state index is 1.09. The Bertz CT molecular complexity index is 3280. The fourth-order valence-electron chi connectivity index (χ4n) is 8.72. The predicted molar refractivity (Wildman–Crippen MR) is 259 cm³/mol. The van der Waals surface area contributed by atoms with Crippen LogP contribution in [0.25, 0.3) is 86.6 Å². The van der Waals surface area contributed by atoms with E-state index in [-0.39, 0.29) is 0 Å². The lowest BCUT2D eigenvalue weighted by Gasteiger charge is -2.28. The van der Waals surface area contributed by atoms with E-state index in [4.69, 9.17) is 0 Å². The van der Waals surface area contributed by atoms with E-state index in [1.807, 2.05) is 11.3 Å². The summed E-state index contributed by atoms with van der Waals surface area (Å²) in [6.07, 6.45) is 0. The summed E-state index contributed by atoms with van der Waals surface area (Å²) in [4.78, 5) is 2.40. The molecule has 11 rings (SSSR count). The molecule has 0 bridgehead atoms. The summed E-state index contributed by atoms with van der Waals surface area (Å²) in [5.41, 5.74) is 15.4. The van der Waals surface area contributed by atoms with Gasteiger partial charge in [0, 0.05) is 37.1 Å². The second kappa shape index (κ2) is 15.3. The molecule has 282 valence electrons. The SMILES string of the molecule is c1ccc(-c2ccc(-c3ccc(N(c4ccc(-c5cccc(-c6cccc7c6sc6ccccc67)c5)cc4)c4ccccc4-c4cccc5ccccc45)cc3)cc2)cc1. The fourth-order valence-corrected chi connectivity index (χ4v) is 9.95. The molecule has 0 fully saturated rings. The number of anilines is 3. The highest BCUT2D eigenvalue weighted by molar-refractivity contribution is 7.26. The summed E-state index contributed by atoms with van der Waals surface area (Å²) in [5.74, 6) is 0. The first kappa shape index (κ1) is 35.6. The number of benzene rings is 10.